The van der Waals surface area contributed by atoms with Crippen LogP contribution >= 0.6 is 23.5 Å². The highest BCUT2D eigenvalue weighted by Gasteiger charge is 2.56. The number of rotatable bonds is 3. The van der Waals surface area contributed by atoms with Crippen molar-refractivity contribution in [2.24, 2.45) is 5.92 Å². The molecule has 1 saturated heterocycles. The number of hydrogen-bond acceptors (Lipinski definition) is 4. The normalized spacial score (nSPS) is 31.9. The Balaban J connectivity index is 2.33. The minimum atomic E-state index is -1.46. The molecule has 19 heavy (non-hydrogen) atoms. The van der Waals surface area contributed by atoms with Crippen LogP contribution in [0, 0.1) is 16.0 Å². The Labute approximate surface area is 125 Å². The van der Waals surface area contributed by atoms with E-state index in [1.807, 2.05) is 0 Å². The van der Waals surface area contributed by atoms with Crippen LogP contribution in [0.1, 0.15) is 32.1 Å². The van der Waals surface area contributed by atoms with E-state index in [1.165, 1.54) is 24.3 Å². The van der Waals surface area contributed by atoms with Crippen LogP contribution in [-0.2, 0) is 0 Å². The fourth-order valence-electron chi connectivity index (χ4n) is 3.56. The first-order valence-electron chi connectivity index (χ1n) is 7.30. The summed E-state index contributed by atoms with van der Waals surface area (Å²) in [5.41, 5.74) is 0. The lowest BCUT2D eigenvalue weighted by molar-refractivity contribution is -0.535. The second kappa shape index (κ2) is 5.98. The van der Waals surface area contributed by atoms with Crippen molar-refractivity contribution in [3.63, 3.8) is 0 Å². The maximum absolute atomic E-state index is 11.5. The lowest BCUT2D eigenvalue weighted by Crippen LogP contribution is -2.58. The summed E-state index contributed by atoms with van der Waals surface area (Å²) in [7, 11) is -1.46. The van der Waals surface area contributed by atoms with Gasteiger partial charge in [-0.2, -0.15) is 0 Å². The molecule has 2 rings (SSSR count). The molecule has 2 atom stereocenters. The topological polar surface area (TPSA) is 43.1 Å². The van der Waals surface area contributed by atoms with E-state index in [0.717, 1.165) is 19.3 Å². The summed E-state index contributed by atoms with van der Waals surface area (Å²) >= 11 is 4.13. The predicted molar refractivity (Wildman–Crippen MR) is 88.4 cm³/mol. The molecule has 0 radical (unpaired) electrons. The van der Waals surface area contributed by atoms with Crippen LogP contribution in [0.4, 0.5) is 0 Å². The Hall–Kier alpha value is 0.317. The Bertz CT molecular complexity index is 340. The highest BCUT2D eigenvalue weighted by molar-refractivity contribution is 8.21. The van der Waals surface area contributed by atoms with Gasteiger partial charge in [0, 0.05) is 17.3 Å². The third-order valence-electron chi connectivity index (χ3n) is 4.46. The maximum Gasteiger partial charge on any atom is 0.217 e. The van der Waals surface area contributed by atoms with E-state index in [9.17, 15) is 10.1 Å². The molecule has 0 bridgehead atoms. The zero-order valence-electron chi connectivity index (χ0n) is 12.2. The largest absolute Gasteiger partial charge is 0.264 e. The molecule has 1 heterocycles. The summed E-state index contributed by atoms with van der Waals surface area (Å²) < 4.78 is 0.170. The van der Waals surface area contributed by atoms with Crippen LogP contribution in [-0.4, -0.2) is 34.2 Å². The molecule has 110 valence electrons. The van der Waals surface area contributed by atoms with Gasteiger partial charge in [-0.15, -0.1) is 23.5 Å². The summed E-state index contributed by atoms with van der Waals surface area (Å²) in [4.78, 5) is 11.5. The van der Waals surface area contributed by atoms with Crippen molar-refractivity contribution in [3.05, 3.63) is 10.1 Å². The zero-order valence-corrected chi connectivity index (χ0v) is 14.8. The fourth-order valence-corrected chi connectivity index (χ4v) is 12.3. The van der Waals surface area contributed by atoms with Gasteiger partial charge in [0.25, 0.3) is 0 Å². The molecule has 3 nitrogen and oxygen atoms in total. The Morgan fingerprint density at radius 1 is 1.11 bits per heavy atom. The lowest BCUT2D eigenvalue weighted by Gasteiger charge is -2.51. The van der Waals surface area contributed by atoms with E-state index in [0.29, 0.717) is 5.92 Å². The summed E-state index contributed by atoms with van der Waals surface area (Å²) in [5.74, 6) is 2.68. The van der Waals surface area contributed by atoms with Crippen molar-refractivity contribution < 1.29 is 4.92 Å². The van der Waals surface area contributed by atoms with Gasteiger partial charge in [0.1, 0.15) is 0 Å². The van der Waals surface area contributed by atoms with E-state index in [1.54, 1.807) is 0 Å². The molecule has 0 amide bonds. The predicted octanol–water partition coefficient (Wildman–Crippen LogP) is 4.27. The van der Waals surface area contributed by atoms with E-state index in [-0.39, 0.29) is 14.7 Å². The van der Waals surface area contributed by atoms with E-state index >= 15 is 0 Å². The molecular formula is C13H25NO2S2Si. The first kappa shape index (κ1) is 15.7. The van der Waals surface area contributed by atoms with Gasteiger partial charge < -0.3 is 0 Å². The second-order valence-corrected chi connectivity index (χ2v) is 15.7. The molecule has 2 fully saturated rings. The maximum atomic E-state index is 11.5. The van der Waals surface area contributed by atoms with Crippen LogP contribution in [0.2, 0.25) is 19.6 Å². The molecule has 0 spiro atoms. The standard InChI is InChI=1S/C13H25NO2S2Si/c1-19(2,3)13(17-9-6-10-18-13)11-7-4-5-8-12(11)14(15)16/h11-12H,4-10H2,1-3H3/t11-,12+/m0/s1. The van der Waals surface area contributed by atoms with Gasteiger partial charge in [0.15, 0.2) is 0 Å². The van der Waals surface area contributed by atoms with Gasteiger partial charge in [-0.3, -0.25) is 10.1 Å². The molecule has 1 aliphatic heterocycles. The number of thioether (sulfide) groups is 2. The molecule has 0 aromatic heterocycles. The van der Waals surface area contributed by atoms with Crippen LogP contribution < -0.4 is 0 Å². The quantitative estimate of drug-likeness (QED) is 0.443. The minimum Gasteiger partial charge on any atom is -0.264 e. The van der Waals surface area contributed by atoms with Crippen LogP contribution in [0.5, 0.6) is 0 Å². The van der Waals surface area contributed by atoms with Crippen LogP contribution in [0.25, 0.3) is 0 Å². The molecule has 0 aromatic carbocycles. The van der Waals surface area contributed by atoms with Crippen molar-refractivity contribution in [1.82, 2.24) is 0 Å². The van der Waals surface area contributed by atoms with Crippen molar-refractivity contribution in [1.29, 1.82) is 0 Å². The fraction of sp³-hybridized carbons (Fsp3) is 1.00. The molecule has 0 aromatic rings. The summed E-state index contributed by atoms with van der Waals surface area (Å²) in [5, 5.41) is 11.5. The third kappa shape index (κ3) is 3.00. The van der Waals surface area contributed by atoms with E-state index in [2.05, 4.69) is 43.2 Å². The first-order valence-corrected chi connectivity index (χ1v) is 12.8. The number of hydrogen-bond donors (Lipinski definition) is 0. The van der Waals surface area contributed by atoms with Gasteiger partial charge in [-0.1, -0.05) is 26.1 Å². The molecule has 1 aliphatic carbocycles. The molecule has 1 saturated carbocycles. The van der Waals surface area contributed by atoms with Crippen molar-refractivity contribution >= 4 is 31.6 Å². The number of nitro groups is 1. The van der Waals surface area contributed by atoms with Gasteiger partial charge in [0.05, 0.1) is 11.8 Å². The van der Waals surface area contributed by atoms with Gasteiger partial charge in [-0.05, 0) is 30.8 Å². The average Bonchev–Trinajstić information content (AvgIpc) is 2.38. The minimum absolute atomic E-state index is 0.0292. The van der Waals surface area contributed by atoms with Crippen molar-refractivity contribution in [3.8, 4) is 0 Å². The first-order chi connectivity index (χ1) is 8.88. The monoisotopic (exact) mass is 319 g/mol. The molecule has 2 aliphatic rings. The Morgan fingerprint density at radius 2 is 1.68 bits per heavy atom. The van der Waals surface area contributed by atoms with Gasteiger partial charge in [0.2, 0.25) is 6.04 Å². The van der Waals surface area contributed by atoms with Crippen LogP contribution in [0.15, 0.2) is 0 Å². The van der Waals surface area contributed by atoms with Crippen molar-refractivity contribution in [2.75, 3.05) is 11.5 Å². The summed E-state index contributed by atoms with van der Waals surface area (Å²) in [6, 6.07) is -0.293. The highest BCUT2D eigenvalue weighted by Crippen LogP contribution is 2.56. The molecule has 6 heteroatoms. The SMILES string of the molecule is C[Si](C)(C)C1([C@H]2CCCC[C@H]2[N+](=O)[O-])SCCCS1. The van der Waals surface area contributed by atoms with E-state index in [4.69, 9.17) is 0 Å². The van der Waals surface area contributed by atoms with Crippen LogP contribution in [0.3, 0.4) is 0 Å². The molecular weight excluding hydrogens is 294 g/mol. The Kier molecular flexibility index (Phi) is 4.94. The smallest absolute Gasteiger partial charge is 0.217 e. The van der Waals surface area contributed by atoms with Gasteiger partial charge >= 0.3 is 0 Å². The van der Waals surface area contributed by atoms with Crippen molar-refractivity contribution in [2.45, 2.75) is 61.5 Å². The van der Waals surface area contributed by atoms with E-state index < -0.39 is 8.07 Å². The van der Waals surface area contributed by atoms with Gasteiger partial charge in [-0.25, -0.2) is 0 Å². The molecule has 0 unspecified atom stereocenters. The second-order valence-electron chi connectivity index (χ2n) is 6.71. The molecule has 0 N–H and O–H groups in total. The average molecular weight is 320 g/mol. The zero-order chi connectivity index (χ0) is 14.1. The summed E-state index contributed by atoms with van der Waals surface area (Å²) in [6.45, 7) is 7.22. The lowest BCUT2D eigenvalue weighted by atomic mass is 9.85. The number of nitrogens with zero attached hydrogens (tertiary/aromatic N) is 1. The Morgan fingerprint density at radius 3 is 2.21 bits per heavy atom. The summed E-state index contributed by atoms with van der Waals surface area (Å²) in [6.07, 6.45) is 5.35. The third-order valence-corrected chi connectivity index (χ3v) is 14.6. The highest BCUT2D eigenvalue weighted by atomic mass is 32.2.